The number of carboxylic acid groups (broad SMARTS) is 1. The molecule has 2 rings (SSSR count). The van der Waals surface area contributed by atoms with Crippen LogP contribution in [0.15, 0.2) is 61.2 Å². The highest BCUT2D eigenvalue weighted by molar-refractivity contribution is 5.87. The van der Waals surface area contributed by atoms with Crippen molar-refractivity contribution in [2.75, 3.05) is 18.9 Å². The van der Waals surface area contributed by atoms with Crippen LogP contribution in [-0.4, -0.2) is 30.3 Å². The molecule has 140 valence electrons. The Bertz CT molecular complexity index is 793. The number of aromatic carboxylic acids is 1. The van der Waals surface area contributed by atoms with Crippen LogP contribution < -0.4 is 10.5 Å². The van der Waals surface area contributed by atoms with Crippen LogP contribution in [0.4, 0.5) is 5.69 Å². The molecule has 0 fully saturated rings. The minimum atomic E-state index is -0.974. The normalized spacial score (nSPS) is 9.15. The van der Waals surface area contributed by atoms with Gasteiger partial charge in [-0.05, 0) is 48.5 Å². The lowest BCUT2D eigenvalue weighted by Crippen LogP contribution is -2.06. The summed E-state index contributed by atoms with van der Waals surface area (Å²) in [5, 5.41) is 17.0. The molecule has 7 heteroatoms. The first-order valence-corrected chi connectivity index (χ1v) is 7.97. The van der Waals surface area contributed by atoms with Crippen LogP contribution in [0.1, 0.15) is 22.3 Å². The van der Waals surface area contributed by atoms with Crippen LogP contribution in [0.5, 0.6) is 5.75 Å². The average Bonchev–Trinajstić information content (AvgIpc) is 2.69. The van der Waals surface area contributed by atoms with Gasteiger partial charge in [-0.15, -0.1) is 0 Å². The second-order valence-electron chi connectivity index (χ2n) is 5.14. The third kappa shape index (κ3) is 8.74. The van der Waals surface area contributed by atoms with Crippen molar-refractivity contribution < 1.29 is 24.2 Å². The molecule has 7 nitrogen and oxygen atoms in total. The third-order valence-corrected chi connectivity index (χ3v) is 3.11. The quantitative estimate of drug-likeness (QED) is 0.333. The number of hydrogen-bond donors (Lipinski definition) is 2. The standard InChI is InChI=1S/C13H14O5.C7H6N2/c1-2-12(14)18-9-3-8-17-11-6-4-10(5-7-11)13(15)16;8-5-6-1-3-7(9)4-2-6/h2,4-7H,1,3,8-9H2,(H,15,16);1-4H,9H2. The maximum Gasteiger partial charge on any atom is 0.335 e. The number of nitrogens with two attached hydrogens (primary N) is 1. The molecule has 0 aliphatic rings. The van der Waals surface area contributed by atoms with Crippen LogP contribution >= 0.6 is 0 Å². The molecule has 0 unspecified atom stereocenters. The van der Waals surface area contributed by atoms with E-state index in [1.807, 2.05) is 6.07 Å². The van der Waals surface area contributed by atoms with Crippen molar-refractivity contribution in [1.29, 1.82) is 5.26 Å². The van der Waals surface area contributed by atoms with Crippen molar-refractivity contribution in [3.63, 3.8) is 0 Å². The molecule has 0 aromatic heterocycles. The van der Waals surface area contributed by atoms with Crippen molar-refractivity contribution in [2.45, 2.75) is 6.42 Å². The molecule has 3 N–H and O–H groups in total. The van der Waals surface area contributed by atoms with E-state index in [0.717, 1.165) is 6.08 Å². The Morgan fingerprint density at radius 3 is 2.26 bits per heavy atom. The fraction of sp³-hybridized carbons (Fsp3) is 0.150. The number of rotatable bonds is 7. The predicted octanol–water partition coefficient (Wildman–Crippen LogP) is 3.02. The largest absolute Gasteiger partial charge is 0.493 e. The summed E-state index contributed by atoms with van der Waals surface area (Å²) in [6.45, 7) is 3.92. The van der Waals surface area contributed by atoms with Crippen LogP contribution in [0.25, 0.3) is 0 Å². The van der Waals surface area contributed by atoms with Crippen molar-refractivity contribution in [1.82, 2.24) is 0 Å². The van der Waals surface area contributed by atoms with Gasteiger partial charge >= 0.3 is 11.9 Å². The fourth-order valence-corrected chi connectivity index (χ4v) is 1.73. The first kappa shape index (κ1) is 21.3. The number of hydrogen-bond acceptors (Lipinski definition) is 6. The summed E-state index contributed by atoms with van der Waals surface area (Å²) in [7, 11) is 0. The summed E-state index contributed by atoms with van der Waals surface area (Å²) < 4.78 is 10.1. The van der Waals surface area contributed by atoms with Gasteiger partial charge in [0.05, 0.1) is 30.4 Å². The lowest BCUT2D eigenvalue weighted by atomic mass is 10.2. The zero-order valence-electron chi connectivity index (χ0n) is 14.6. The maximum atomic E-state index is 10.7. The van der Waals surface area contributed by atoms with Gasteiger partial charge in [0.2, 0.25) is 0 Å². The summed E-state index contributed by atoms with van der Waals surface area (Å²) >= 11 is 0. The minimum absolute atomic E-state index is 0.210. The number of carbonyl (C=O) groups is 2. The van der Waals surface area contributed by atoms with Crippen LogP contribution in [-0.2, 0) is 9.53 Å². The number of nitriles is 1. The highest BCUT2D eigenvalue weighted by Gasteiger charge is 2.02. The van der Waals surface area contributed by atoms with E-state index in [-0.39, 0.29) is 12.2 Å². The van der Waals surface area contributed by atoms with E-state index < -0.39 is 11.9 Å². The Hall–Kier alpha value is -3.79. The van der Waals surface area contributed by atoms with Crippen molar-refractivity contribution in [3.8, 4) is 11.8 Å². The fourth-order valence-electron chi connectivity index (χ4n) is 1.73. The van der Waals surface area contributed by atoms with E-state index in [9.17, 15) is 9.59 Å². The van der Waals surface area contributed by atoms with E-state index in [4.69, 9.17) is 25.6 Å². The molecule has 2 aromatic rings. The Morgan fingerprint density at radius 1 is 1.11 bits per heavy atom. The number of anilines is 1. The summed E-state index contributed by atoms with van der Waals surface area (Å²) in [6, 6.07) is 14.9. The molecule has 0 spiro atoms. The summed E-state index contributed by atoms with van der Waals surface area (Å²) in [6.07, 6.45) is 1.66. The van der Waals surface area contributed by atoms with E-state index >= 15 is 0 Å². The number of carboxylic acids is 1. The molecule has 0 saturated heterocycles. The zero-order chi connectivity index (χ0) is 20.1. The van der Waals surface area contributed by atoms with Gasteiger partial charge in [0.15, 0.2) is 0 Å². The monoisotopic (exact) mass is 368 g/mol. The topological polar surface area (TPSA) is 123 Å². The second-order valence-corrected chi connectivity index (χ2v) is 5.14. The van der Waals surface area contributed by atoms with Gasteiger partial charge in [-0.1, -0.05) is 6.58 Å². The smallest absolute Gasteiger partial charge is 0.335 e. The van der Waals surface area contributed by atoms with E-state index in [2.05, 4.69) is 6.58 Å². The second kappa shape index (κ2) is 11.7. The molecule has 0 bridgehead atoms. The number of nitrogens with zero attached hydrogens (tertiary/aromatic N) is 1. The molecule has 0 aliphatic carbocycles. The first-order chi connectivity index (χ1) is 13.0. The lowest BCUT2D eigenvalue weighted by Gasteiger charge is -2.06. The molecule has 0 saturated carbocycles. The Morgan fingerprint density at radius 2 is 1.74 bits per heavy atom. The SMILES string of the molecule is C=CC(=O)OCCCOc1ccc(C(=O)O)cc1.N#Cc1ccc(N)cc1. The first-order valence-electron chi connectivity index (χ1n) is 7.97. The van der Waals surface area contributed by atoms with Crippen LogP contribution in [0, 0.1) is 11.3 Å². The molecule has 0 radical (unpaired) electrons. The third-order valence-electron chi connectivity index (χ3n) is 3.11. The number of benzene rings is 2. The molecule has 0 heterocycles. The summed E-state index contributed by atoms with van der Waals surface area (Å²) in [4.78, 5) is 21.3. The summed E-state index contributed by atoms with van der Waals surface area (Å²) in [5.74, 6) is -0.853. The number of ether oxygens (including phenoxy) is 2. The van der Waals surface area contributed by atoms with Crippen molar-refractivity contribution in [2.24, 2.45) is 0 Å². The maximum absolute atomic E-state index is 10.7. The van der Waals surface area contributed by atoms with Gasteiger partial charge in [0.25, 0.3) is 0 Å². The minimum Gasteiger partial charge on any atom is -0.493 e. The molecular formula is C20H20N2O5. The van der Waals surface area contributed by atoms with Gasteiger partial charge in [0.1, 0.15) is 5.75 Å². The van der Waals surface area contributed by atoms with Crippen LogP contribution in [0.2, 0.25) is 0 Å². The number of carbonyl (C=O) groups excluding carboxylic acids is 1. The van der Waals surface area contributed by atoms with Gasteiger partial charge in [0, 0.05) is 18.2 Å². The molecular weight excluding hydrogens is 348 g/mol. The van der Waals surface area contributed by atoms with E-state index in [1.54, 1.807) is 36.4 Å². The van der Waals surface area contributed by atoms with Crippen molar-refractivity contribution in [3.05, 3.63) is 72.3 Å². The molecule has 0 atom stereocenters. The van der Waals surface area contributed by atoms with E-state index in [1.165, 1.54) is 12.1 Å². The van der Waals surface area contributed by atoms with Gasteiger partial charge < -0.3 is 20.3 Å². The Kier molecular flexibility index (Phi) is 9.22. The lowest BCUT2D eigenvalue weighted by molar-refractivity contribution is -0.137. The Labute approximate surface area is 157 Å². The average molecular weight is 368 g/mol. The molecule has 0 aliphatic heterocycles. The molecule has 27 heavy (non-hydrogen) atoms. The van der Waals surface area contributed by atoms with Crippen molar-refractivity contribution >= 4 is 17.6 Å². The summed E-state index contributed by atoms with van der Waals surface area (Å²) in [5.41, 5.74) is 6.91. The number of esters is 1. The Balaban J connectivity index is 0.000000337. The predicted molar refractivity (Wildman–Crippen MR) is 100 cm³/mol. The van der Waals surface area contributed by atoms with E-state index in [0.29, 0.717) is 30.0 Å². The zero-order valence-corrected chi connectivity index (χ0v) is 14.6. The van der Waals surface area contributed by atoms with Gasteiger partial charge in [-0.2, -0.15) is 5.26 Å². The van der Waals surface area contributed by atoms with Gasteiger partial charge in [-0.3, -0.25) is 0 Å². The molecule has 0 amide bonds. The highest BCUT2D eigenvalue weighted by Crippen LogP contribution is 2.12. The number of nitrogen functional groups attached to an aromatic ring is 1. The van der Waals surface area contributed by atoms with Crippen LogP contribution in [0.3, 0.4) is 0 Å². The van der Waals surface area contributed by atoms with Gasteiger partial charge in [-0.25, -0.2) is 9.59 Å². The highest BCUT2D eigenvalue weighted by atomic mass is 16.5. The molecule has 2 aromatic carbocycles.